The average molecular weight is 359 g/mol. The van der Waals surface area contributed by atoms with E-state index in [4.69, 9.17) is 10.5 Å². The molecule has 0 saturated heterocycles. The van der Waals surface area contributed by atoms with Crippen LogP contribution in [0.3, 0.4) is 0 Å². The first kappa shape index (κ1) is 19.5. The quantitative estimate of drug-likeness (QED) is 0.730. The maximum atomic E-state index is 11.9. The number of hydrogen-bond donors (Lipinski definition) is 3. The number of ether oxygens (including phenoxy) is 1. The van der Waals surface area contributed by atoms with Gasteiger partial charge in [0.25, 0.3) is 0 Å². The number of pyridine rings is 1. The Morgan fingerprint density at radius 1 is 1.35 bits per heavy atom. The fourth-order valence-electron chi connectivity index (χ4n) is 2.60. The molecule has 0 aliphatic rings. The van der Waals surface area contributed by atoms with Crippen molar-refractivity contribution in [3.05, 3.63) is 29.5 Å². The first-order valence-corrected chi connectivity index (χ1v) is 8.40. The molecule has 0 spiro atoms. The average Bonchev–Trinajstić information content (AvgIpc) is 2.51. The summed E-state index contributed by atoms with van der Waals surface area (Å²) in [5.41, 5.74) is 6.52. The number of rotatable bonds is 6. The summed E-state index contributed by atoms with van der Waals surface area (Å²) in [4.78, 5) is 27.7. The van der Waals surface area contributed by atoms with Gasteiger partial charge in [0.2, 0.25) is 5.91 Å². The SMILES string of the molecule is Cc1nc2cccc(OCC(C)(C)NC(=O)C(C)C)c2c(N)c1C(=O)O. The molecule has 0 fully saturated rings. The van der Waals surface area contributed by atoms with Gasteiger partial charge in [-0.1, -0.05) is 19.9 Å². The molecule has 0 aliphatic carbocycles. The molecule has 0 unspecified atom stereocenters. The molecule has 0 saturated carbocycles. The van der Waals surface area contributed by atoms with E-state index in [0.29, 0.717) is 22.3 Å². The standard InChI is InChI=1S/C19H25N3O4/c1-10(2)17(23)22-19(4,5)9-26-13-8-6-7-12-15(13)16(20)14(18(24)25)11(3)21-12/h6-8,10H,9H2,1-5H3,(H2,20,21)(H,22,23)(H,24,25). The van der Waals surface area contributed by atoms with E-state index in [1.54, 1.807) is 25.1 Å². The number of carboxylic acids is 1. The number of nitrogen functional groups attached to an aromatic ring is 1. The molecule has 140 valence electrons. The Hall–Kier alpha value is -2.83. The molecular weight excluding hydrogens is 334 g/mol. The smallest absolute Gasteiger partial charge is 0.339 e. The largest absolute Gasteiger partial charge is 0.490 e. The summed E-state index contributed by atoms with van der Waals surface area (Å²) in [6.07, 6.45) is 0. The lowest BCUT2D eigenvalue weighted by Crippen LogP contribution is -2.49. The van der Waals surface area contributed by atoms with Gasteiger partial charge in [-0.25, -0.2) is 4.79 Å². The van der Waals surface area contributed by atoms with E-state index in [1.807, 2.05) is 27.7 Å². The number of aryl methyl sites for hydroxylation is 1. The van der Waals surface area contributed by atoms with Crippen molar-refractivity contribution < 1.29 is 19.4 Å². The van der Waals surface area contributed by atoms with Gasteiger partial charge in [0.1, 0.15) is 17.9 Å². The van der Waals surface area contributed by atoms with Crippen LogP contribution in [0.2, 0.25) is 0 Å². The number of carboxylic acid groups (broad SMARTS) is 1. The molecule has 1 aromatic heterocycles. The second-order valence-electron chi connectivity index (χ2n) is 7.26. The summed E-state index contributed by atoms with van der Waals surface area (Å²) in [5, 5.41) is 12.8. The van der Waals surface area contributed by atoms with E-state index in [1.165, 1.54) is 0 Å². The molecule has 0 atom stereocenters. The fourth-order valence-corrected chi connectivity index (χ4v) is 2.60. The van der Waals surface area contributed by atoms with E-state index < -0.39 is 11.5 Å². The number of aromatic carboxylic acids is 1. The molecule has 0 radical (unpaired) electrons. The van der Waals surface area contributed by atoms with Crippen LogP contribution in [-0.4, -0.2) is 34.1 Å². The molecule has 1 aromatic carbocycles. The minimum atomic E-state index is -1.13. The maximum Gasteiger partial charge on any atom is 0.339 e. The summed E-state index contributed by atoms with van der Waals surface area (Å²) in [6, 6.07) is 5.23. The number of carbonyl (C=O) groups excluding carboxylic acids is 1. The molecule has 0 aliphatic heterocycles. The summed E-state index contributed by atoms with van der Waals surface area (Å²) >= 11 is 0. The highest BCUT2D eigenvalue weighted by molar-refractivity contribution is 6.06. The number of nitrogens with zero attached hydrogens (tertiary/aromatic N) is 1. The van der Waals surface area contributed by atoms with E-state index in [0.717, 1.165) is 0 Å². The molecule has 2 rings (SSSR count). The number of nitrogens with two attached hydrogens (primary N) is 1. The summed E-state index contributed by atoms with van der Waals surface area (Å²) in [7, 11) is 0. The molecule has 1 amide bonds. The van der Waals surface area contributed by atoms with Crippen LogP contribution in [0.25, 0.3) is 10.9 Å². The highest BCUT2D eigenvalue weighted by atomic mass is 16.5. The second kappa shape index (κ2) is 7.19. The predicted octanol–water partition coefficient (Wildman–Crippen LogP) is 2.75. The monoisotopic (exact) mass is 359 g/mol. The van der Waals surface area contributed by atoms with Crippen molar-refractivity contribution in [1.82, 2.24) is 10.3 Å². The Morgan fingerprint density at radius 2 is 2.00 bits per heavy atom. The molecule has 1 heterocycles. The highest BCUT2D eigenvalue weighted by Gasteiger charge is 2.24. The first-order valence-electron chi connectivity index (χ1n) is 8.40. The Balaban J connectivity index is 2.37. The van der Waals surface area contributed by atoms with Crippen molar-refractivity contribution in [3.63, 3.8) is 0 Å². The van der Waals surface area contributed by atoms with Crippen molar-refractivity contribution in [2.75, 3.05) is 12.3 Å². The van der Waals surface area contributed by atoms with Gasteiger partial charge in [-0.15, -0.1) is 0 Å². The zero-order valence-electron chi connectivity index (χ0n) is 15.7. The number of nitrogens with one attached hydrogen (secondary N) is 1. The van der Waals surface area contributed by atoms with Crippen molar-refractivity contribution in [2.45, 2.75) is 40.2 Å². The van der Waals surface area contributed by atoms with E-state index in [2.05, 4.69) is 10.3 Å². The topological polar surface area (TPSA) is 115 Å². The lowest BCUT2D eigenvalue weighted by molar-refractivity contribution is -0.126. The number of anilines is 1. The van der Waals surface area contributed by atoms with Crippen LogP contribution in [0, 0.1) is 12.8 Å². The van der Waals surface area contributed by atoms with Crippen molar-refractivity contribution in [3.8, 4) is 5.75 Å². The van der Waals surface area contributed by atoms with Crippen LogP contribution >= 0.6 is 0 Å². The van der Waals surface area contributed by atoms with E-state index >= 15 is 0 Å². The van der Waals surface area contributed by atoms with Crippen LogP contribution in [0.4, 0.5) is 5.69 Å². The third-order valence-corrected chi connectivity index (χ3v) is 3.98. The molecule has 26 heavy (non-hydrogen) atoms. The van der Waals surface area contributed by atoms with Gasteiger partial charge in [-0.2, -0.15) is 0 Å². The second-order valence-corrected chi connectivity index (χ2v) is 7.26. The van der Waals surface area contributed by atoms with Gasteiger partial charge in [0.05, 0.1) is 27.8 Å². The van der Waals surface area contributed by atoms with Crippen molar-refractivity contribution in [1.29, 1.82) is 0 Å². The Morgan fingerprint density at radius 3 is 2.58 bits per heavy atom. The van der Waals surface area contributed by atoms with Crippen LogP contribution in [0.15, 0.2) is 18.2 Å². The zero-order chi connectivity index (χ0) is 19.6. The van der Waals surface area contributed by atoms with Gasteiger partial charge < -0.3 is 20.9 Å². The Labute approximate surface area is 152 Å². The number of carbonyl (C=O) groups is 2. The minimum Gasteiger partial charge on any atom is -0.490 e. The lowest BCUT2D eigenvalue weighted by Gasteiger charge is -2.27. The fraction of sp³-hybridized carbons (Fsp3) is 0.421. The number of hydrogen-bond acceptors (Lipinski definition) is 5. The Bertz CT molecular complexity index is 859. The third kappa shape index (κ3) is 4.04. The molecule has 0 bridgehead atoms. The highest BCUT2D eigenvalue weighted by Crippen LogP contribution is 2.33. The molecule has 4 N–H and O–H groups in total. The Kier molecular flexibility index (Phi) is 5.39. The van der Waals surface area contributed by atoms with Crippen molar-refractivity contribution in [2.24, 2.45) is 5.92 Å². The minimum absolute atomic E-state index is 0.0269. The third-order valence-electron chi connectivity index (χ3n) is 3.98. The number of benzene rings is 1. The van der Waals surface area contributed by atoms with Gasteiger partial charge in [0, 0.05) is 5.92 Å². The van der Waals surface area contributed by atoms with Crippen LogP contribution in [0.5, 0.6) is 5.75 Å². The van der Waals surface area contributed by atoms with Crippen LogP contribution in [0.1, 0.15) is 43.7 Å². The summed E-state index contributed by atoms with van der Waals surface area (Å²) < 4.78 is 5.89. The first-order chi connectivity index (χ1) is 12.0. The molecule has 7 nitrogen and oxygen atoms in total. The van der Waals surface area contributed by atoms with Crippen molar-refractivity contribution >= 4 is 28.5 Å². The normalized spacial score (nSPS) is 11.6. The number of amides is 1. The number of fused-ring (bicyclic) bond motifs is 1. The van der Waals surface area contributed by atoms with E-state index in [-0.39, 0.29) is 29.7 Å². The predicted molar refractivity (Wildman–Crippen MR) is 100 cm³/mol. The maximum absolute atomic E-state index is 11.9. The van der Waals surface area contributed by atoms with Gasteiger partial charge >= 0.3 is 5.97 Å². The summed E-state index contributed by atoms with van der Waals surface area (Å²) in [6.45, 7) is 9.15. The number of aromatic nitrogens is 1. The van der Waals surface area contributed by atoms with E-state index in [9.17, 15) is 14.7 Å². The van der Waals surface area contributed by atoms with Gasteiger partial charge in [-0.05, 0) is 32.9 Å². The van der Waals surface area contributed by atoms with Gasteiger partial charge in [-0.3, -0.25) is 9.78 Å². The zero-order valence-corrected chi connectivity index (χ0v) is 15.7. The molecule has 7 heteroatoms. The molecular formula is C19H25N3O4. The summed E-state index contributed by atoms with van der Waals surface area (Å²) in [5.74, 6) is -0.898. The lowest BCUT2D eigenvalue weighted by atomic mass is 10.0. The van der Waals surface area contributed by atoms with Gasteiger partial charge in [0.15, 0.2) is 0 Å². The van der Waals surface area contributed by atoms with Crippen LogP contribution < -0.4 is 15.8 Å². The molecule has 2 aromatic rings. The van der Waals surface area contributed by atoms with Crippen LogP contribution in [-0.2, 0) is 4.79 Å².